The van der Waals surface area contributed by atoms with Crippen LogP contribution in [-0.4, -0.2) is 46.8 Å². The number of carboxylic acids is 1. The number of carboxylic acid groups (broad SMARTS) is 1. The van der Waals surface area contributed by atoms with Gasteiger partial charge >= 0.3 is 5.97 Å². The van der Waals surface area contributed by atoms with Gasteiger partial charge in [0, 0.05) is 36.9 Å². The van der Waals surface area contributed by atoms with Crippen LogP contribution in [0.25, 0.3) is 10.9 Å². The molecule has 1 aromatic carbocycles. The Morgan fingerprint density at radius 2 is 2.10 bits per heavy atom. The number of hydrogen-bond acceptors (Lipinski definition) is 4. The lowest BCUT2D eigenvalue weighted by Crippen LogP contribution is -2.23. The molecule has 1 unspecified atom stereocenters. The third-order valence-corrected chi connectivity index (χ3v) is 5.63. The molecule has 1 aliphatic carbocycles. The molecule has 1 aromatic heterocycles. The Balaban J connectivity index is 1.55. The first-order chi connectivity index (χ1) is 14.0. The van der Waals surface area contributed by atoms with Crippen molar-refractivity contribution in [1.82, 2.24) is 4.57 Å². The number of pyridine rings is 1. The van der Waals surface area contributed by atoms with Gasteiger partial charge in [0.15, 0.2) is 0 Å². The van der Waals surface area contributed by atoms with Gasteiger partial charge in [-0.1, -0.05) is 0 Å². The van der Waals surface area contributed by atoms with Gasteiger partial charge in [0.05, 0.1) is 17.2 Å². The van der Waals surface area contributed by atoms with E-state index in [1.165, 1.54) is 12.3 Å². The summed E-state index contributed by atoms with van der Waals surface area (Å²) in [6, 6.07) is 3.04. The molecule has 148 valence electrons. The van der Waals surface area contributed by atoms with Crippen LogP contribution in [0.2, 0.25) is 0 Å². The first-order valence-electron chi connectivity index (χ1n) is 9.66. The molecule has 1 N–H and O–H groups in total. The van der Waals surface area contributed by atoms with Crippen molar-refractivity contribution in [2.75, 3.05) is 18.0 Å². The Bertz CT molecular complexity index is 1160. The molecule has 3 aliphatic rings. The second-order valence-corrected chi connectivity index (χ2v) is 7.65. The number of hydrogen-bond donors (Lipinski definition) is 1. The number of aromatic carboxylic acids is 1. The summed E-state index contributed by atoms with van der Waals surface area (Å²) in [6.07, 6.45) is 9.39. The zero-order valence-electron chi connectivity index (χ0n) is 15.6. The van der Waals surface area contributed by atoms with Crippen LogP contribution in [-0.2, 0) is 0 Å². The average Bonchev–Trinajstić information content (AvgIpc) is 3.21. The van der Waals surface area contributed by atoms with Gasteiger partial charge in [-0.3, -0.25) is 9.79 Å². The molecule has 29 heavy (non-hydrogen) atoms. The number of carbonyl (C=O) groups is 1. The van der Waals surface area contributed by atoms with E-state index in [0.29, 0.717) is 30.1 Å². The van der Waals surface area contributed by atoms with Crippen LogP contribution in [0.4, 0.5) is 10.1 Å². The van der Waals surface area contributed by atoms with Crippen LogP contribution in [0, 0.1) is 5.82 Å². The number of nitrogens with zero attached hydrogens (tertiary/aromatic N) is 4. The highest BCUT2D eigenvalue weighted by molar-refractivity contribution is 6.06. The highest BCUT2D eigenvalue weighted by atomic mass is 19.1. The van der Waals surface area contributed by atoms with Crippen molar-refractivity contribution in [3.05, 3.63) is 52.1 Å². The van der Waals surface area contributed by atoms with Crippen LogP contribution in [0.3, 0.4) is 0 Å². The van der Waals surface area contributed by atoms with Crippen molar-refractivity contribution in [3.8, 4) is 0 Å². The topological polar surface area (TPSA) is 87.3 Å². The molecule has 0 amide bonds. The van der Waals surface area contributed by atoms with Crippen LogP contribution < -0.4 is 10.3 Å². The maximum absolute atomic E-state index is 15.0. The minimum Gasteiger partial charge on any atom is -0.477 e. The van der Waals surface area contributed by atoms with Crippen LogP contribution in [0.15, 0.2) is 45.3 Å². The van der Waals surface area contributed by atoms with Crippen LogP contribution in [0.1, 0.15) is 35.7 Å². The molecule has 0 bridgehead atoms. The molecule has 8 heteroatoms. The van der Waals surface area contributed by atoms with Crippen molar-refractivity contribution in [3.63, 3.8) is 0 Å². The number of aromatic nitrogens is 1. The number of allylic oxidation sites excluding steroid dienone is 1. The summed E-state index contributed by atoms with van der Waals surface area (Å²) in [7, 11) is 0. The van der Waals surface area contributed by atoms with Crippen molar-refractivity contribution in [1.29, 1.82) is 0 Å². The van der Waals surface area contributed by atoms with E-state index in [1.54, 1.807) is 12.3 Å². The molecule has 1 saturated heterocycles. The van der Waals surface area contributed by atoms with Crippen LogP contribution >= 0.6 is 0 Å². The van der Waals surface area contributed by atoms with Gasteiger partial charge in [-0.25, -0.2) is 14.2 Å². The fraction of sp³-hybridized carbons (Fsp3) is 0.333. The summed E-state index contributed by atoms with van der Waals surface area (Å²) in [5.41, 5.74) is 0.0322. The summed E-state index contributed by atoms with van der Waals surface area (Å²) < 4.78 is 16.8. The predicted molar refractivity (Wildman–Crippen MR) is 109 cm³/mol. The molecule has 0 spiro atoms. The van der Waals surface area contributed by atoms with E-state index in [2.05, 4.69) is 9.98 Å². The van der Waals surface area contributed by atoms with Crippen molar-refractivity contribution in [2.45, 2.75) is 31.3 Å². The van der Waals surface area contributed by atoms with Crippen LogP contribution in [0.5, 0.6) is 0 Å². The van der Waals surface area contributed by atoms with Crippen molar-refractivity contribution < 1.29 is 14.3 Å². The third kappa shape index (κ3) is 3.14. The highest BCUT2D eigenvalue weighted by Crippen LogP contribution is 2.38. The maximum atomic E-state index is 15.0. The Hall–Kier alpha value is -3.29. The summed E-state index contributed by atoms with van der Waals surface area (Å²) in [5.74, 6) is -1.13. The van der Waals surface area contributed by atoms with Gasteiger partial charge < -0.3 is 14.6 Å². The SMILES string of the molecule is O=C(O)c1cn(C2CC2)c2cc(N3CCC(N=C4C=CC=N4)C3)c(F)cc2c1=O. The predicted octanol–water partition coefficient (Wildman–Crippen LogP) is 2.79. The van der Waals surface area contributed by atoms with Crippen molar-refractivity contribution >= 4 is 34.6 Å². The molecule has 2 aromatic rings. The average molecular weight is 394 g/mol. The number of fused-ring (bicyclic) bond motifs is 1. The maximum Gasteiger partial charge on any atom is 0.341 e. The second kappa shape index (κ2) is 6.65. The minimum atomic E-state index is -1.29. The molecule has 1 saturated carbocycles. The largest absolute Gasteiger partial charge is 0.477 e. The quantitative estimate of drug-likeness (QED) is 0.864. The van der Waals surface area contributed by atoms with E-state index in [9.17, 15) is 19.1 Å². The monoisotopic (exact) mass is 394 g/mol. The summed E-state index contributed by atoms with van der Waals surface area (Å²) in [4.78, 5) is 34.7. The number of halogens is 1. The standard InChI is InChI=1S/C21H19FN4O3/c22-16-8-14-17(26(13-3-4-13)11-15(20(14)27)21(28)29)9-18(16)25-7-5-12(10-25)24-19-2-1-6-23-19/h1-2,6,8-9,11-13H,3-5,7,10H2,(H,28,29). The first kappa shape index (κ1) is 17.8. The second-order valence-electron chi connectivity index (χ2n) is 7.65. The molecule has 7 nitrogen and oxygen atoms in total. The summed E-state index contributed by atoms with van der Waals surface area (Å²) >= 11 is 0. The lowest BCUT2D eigenvalue weighted by Gasteiger charge is -2.21. The normalized spacial score (nSPS) is 22.3. The van der Waals surface area contributed by atoms with Gasteiger partial charge in [0.2, 0.25) is 5.43 Å². The molecular formula is C21H19FN4O3. The molecule has 0 radical (unpaired) electrons. The molecule has 3 heterocycles. The van der Waals surface area contributed by atoms with Gasteiger partial charge in [-0.15, -0.1) is 0 Å². The smallest absolute Gasteiger partial charge is 0.341 e. The lowest BCUT2D eigenvalue weighted by molar-refractivity contribution is 0.0695. The van der Waals surface area contributed by atoms with Gasteiger partial charge in [-0.05, 0) is 43.5 Å². The number of anilines is 1. The van der Waals surface area contributed by atoms with E-state index in [-0.39, 0.29) is 23.0 Å². The van der Waals surface area contributed by atoms with E-state index in [4.69, 9.17) is 0 Å². The number of aliphatic imine (C=N–C) groups is 2. The molecular weight excluding hydrogens is 375 g/mol. The molecule has 1 atom stereocenters. The Morgan fingerprint density at radius 1 is 1.28 bits per heavy atom. The number of benzene rings is 1. The van der Waals surface area contributed by atoms with Gasteiger partial charge in [0.1, 0.15) is 17.2 Å². The van der Waals surface area contributed by atoms with E-state index < -0.39 is 17.2 Å². The number of amidine groups is 1. The summed E-state index contributed by atoms with van der Waals surface area (Å²) in [6.45, 7) is 1.22. The Labute approximate surface area is 165 Å². The van der Waals surface area contributed by atoms with Crippen molar-refractivity contribution in [2.24, 2.45) is 9.98 Å². The third-order valence-electron chi connectivity index (χ3n) is 5.63. The highest BCUT2D eigenvalue weighted by Gasteiger charge is 2.29. The zero-order valence-corrected chi connectivity index (χ0v) is 15.6. The first-order valence-corrected chi connectivity index (χ1v) is 9.66. The molecule has 5 rings (SSSR count). The van der Waals surface area contributed by atoms with E-state index >= 15 is 0 Å². The fourth-order valence-electron chi connectivity index (χ4n) is 4.03. The van der Waals surface area contributed by atoms with Gasteiger partial charge in [-0.2, -0.15) is 0 Å². The fourth-order valence-corrected chi connectivity index (χ4v) is 4.03. The molecule has 2 aliphatic heterocycles. The zero-order chi connectivity index (χ0) is 20.1. The van der Waals surface area contributed by atoms with E-state index in [1.807, 2.05) is 21.6 Å². The summed E-state index contributed by atoms with van der Waals surface area (Å²) in [5, 5.41) is 9.46. The lowest BCUT2D eigenvalue weighted by atomic mass is 10.1. The molecule has 2 fully saturated rings. The Kier molecular flexibility index (Phi) is 4.08. The van der Waals surface area contributed by atoms with E-state index in [0.717, 1.165) is 19.3 Å². The number of rotatable bonds is 4. The minimum absolute atomic E-state index is 0.0278. The Morgan fingerprint density at radius 3 is 2.79 bits per heavy atom. The van der Waals surface area contributed by atoms with Gasteiger partial charge in [0.25, 0.3) is 0 Å².